The normalized spacial score (nSPS) is 15.7. The molecule has 0 heterocycles. The number of hydrogen-bond acceptors (Lipinski definition) is 5. The third-order valence-electron chi connectivity index (χ3n) is 1.77. The summed E-state index contributed by atoms with van der Waals surface area (Å²) < 4.78 is 5.37. The van der Waals surface area contributed by atoms with Gasteiger partial charge in [0.25, 0.3) is 0 Å². The van der Waals surface area contributed by atoms with Crippen LogP contribution in [0, 0.1) is 0 Å². The number of nitrogens with two attached hydrogens (primary N) is 2. The van der Waals surface area contributed by atoms with Crippen LogP contribution in [0.15, 0.2) is 0 Å². The zero-order valence-corrected chi connectivity index (χ0v) is 7.85. The van der Waals surface area contributed by atoms with Gasteiger partial charge in [0.05, 0.1) is 25.4 Å². The van der Waals surface area contributed by atoms with Gasteiger partial charge in [0.15, 0.2) is 0 Å². The highest BCUT2D eigenvalue weighted by atomic mass is 16.5. The summed E-state index contributed by atoms with van der Waals surface area (Å²) in [5, 5.41) is 17.8. The van der Waals surface area contributed by atoms with E-state index in [2.05, 4.69) is 0 Å². The zero-order valence-electron chi connectivity index (χ0n) is 7.85. The maximum absolute atomic E-state index is 8.88. The second kappa shape index (κ2) is 8.40. The Bertz CT molecular complexity index is 102. The fourth-order valence-corrected chi connectivity index (χ4v) is 1.05. The van der Waals surface area contributed by atoms with Gasteiger partial charge in [-0.25, -0.2) is 0 Å². The van der Waals surface area contributed by atoms with E-state index in [1.807, 2.05) is 0 Å². The molecule has 0 aliphatic heterocycles. The van der Waals surface area contributed by atoms with E-state index >= 15 is 0 Å². The molecule has 0 aromatic carbocycles. The van der Waals surface area contributed by atoms with Crippen molar-refractivity contribution in [1.29, 1.82) is 0 Å². The van der Waals surface area contributed by atoms with Crippen LogP contribution < -0.4 is 11.5 Å². The Morgan fingerprint density at radius 1 is 0.923 bits per heavy atom. The quantitative estimate of drug-likeness (QED) is 0.372. The van der Waals surface area contributed by atoms with E-state index in [1.54, 1.807) is 0 Å². The minimum atomic E-state index is -0.284. The van der Waals surface area contributed by atoms with E-state index in [0.717, 1.165) is 0 Å². The second-order valence-electron chi connectivity index (χ2n) is 2.90. The van der Waals surface area contributed by atoms with E-state index < -0.39 is 0 Å². The first kappa shape index (κ1) is 12.8. The number of aliphatic hydroxyl groups is 2. The molecule has 0 aliphatic carbocycles. The Balaban J connectivity index is 3.73. The summed E-state index contributed by atoms with van der Waals surface area (Å²) in [5.74, 6) is 0. The highest BCUT2D eigenvalue weighted by Crippen LogP contribution is 2.04. The average Bonchev–Trinajstić information content (AvgIpc) is 2.16. The number of hydrogen-bond donors (Lipinski definition) is 4. The molecule has 0 aromatic heterocycles. The van der Waals surface area contributed by atoms with Crippen LogP contribution >= 0.6 is 0 Å². The van der Waals surface area contributed by atoms with Gasteiger partial charge in [-0.1, -0.05) is 0 Å². The van der Waals surface area contributed by atoms with Crippen LogP contribution in [0.2, 0.25) is 0 Å². The van der Waals surface area contributed by atoms with Crippen LogP contribution in [-0.4, -0.2) is 48.7 Å². The molecule has 0 bridgehead atoms. The first-order chi connectivity index (χ1) is 6.28. The molecule has 0 rings (SSSR count). The van der Waals surface area contributed by atoms with E-state index in [-0.39, 0.29) is 25.4 Å². The summed E-state index contributed by atoms with van der Waals surface area (Å²) >= 11 is 0. The lowest BCUT2D eigenvalue weighted by molar-refractivity contribution is -0.0639. The van der Waals surface area contributed by atoms with Gasteiger partial charge in [-0.15, -0.1) is 0 Å². The molecule has 0 aliphatic rings. The highest BCUT2D eigenvalue weighted by molar-refractivity contribution is 4.63. The van der Waals surface area contributed by atoms with E-state index in [0.29, 0.717) is 25.9 Å². The van der Waals surface area contributed by atoms with Gasteiger partial charge >= 0.3 is 0 Å². The van der Waals surface area contributed by atoms with Crippen molar-refractivity contribution in [2.75, 3.05) is 26.3 Å². The lowest BCUT2D eigenvalue weighted by Crippen LogP contribution is -2.31. The van der Waals surface area contributed by atoms with Crippen LogP contribution in [0.5, 0.6) is 0 Å². The molecule has 0 spiro atoms. The maximum Gasteiger partial charge on any atom is 0.0822 e. The molecule has 0 amide bonds. The zero-order chi connectivity index (χ0) is 10.1. The lowest BCUT2D eigenvalue weighted by Gasteiger charge is -2.21. The molecule has 6 N–H and O–H groups in total. The van der Waals surface area contributed by atoms with Crippen molar-refractivity contribution in [3.05, 3.63) is 0 Å². The van der Waals surface area contributed by atoms with Crippen LogP contribution in [-0.2, 0) is 4.74 Å². The topological polar surface area (TPSA) is 102 Å². The Morgan fingerprint density at radius 3 is 1.54 bits per heavy atom. The van der Waals surface area contributed by atoms with Crippen molar-refractivity contribution < 1.29 is 14.9 Å². The van der Waals surface area contributed by atoms with Crippen molar-refractivity contribution >= 4 is 0 Å². The average molecular weight is 192 g/mol. The van der Waals surface area contributed by atoms with Crippen LogP contribution in [0.1, 0.15) is 12.8 Å². The summed E-state index contributed by atoms with van der Waals surface area (Å²) in [5.41, 5.74) is 10.6. The second-order valence-corrected chi connectivity index (χ2v) is 2.90. The van der Waals surface area contributed by atoms with Crippen molar-refractivity contribution in [1.82, 2.24) is 0 Å². The summed E-state index contributed by atoms with van der Waals surface area (Å²) in [4.78, 5) is 0. The predicted octanol–water partition coefficient (Wildman–Crippen LogP) is -1.58. The van der Waals surface area contributed by atoms with Gasteiger partial charge in [0, 0.05) is 0 Å². The van der Waals surface area contributed by atoms with Gasteiger partial charge in [-0.05, 0) is 25.9 Å². The molecule has 0 saturated heterocycles. The number of aliphatic hydroxyl groups excluding tert-OH is 2. The molecular weight excluding hydrogens is 172 g/mol. The monoisotopic (exact) mass is 192 g/mol. The molecular formula is C8H20N2O3. The third-order valence-corrected chi connectivity index (χ3v) is 1.77. The van der Waals surface area contributed by atoms with E-state index in [1.165, 1.54) is 0 Å². The Kier molecular flexibility index (Phi) is 8.27. The Hall–Kier alpha value is -0.200. The Labute approximate surface area is 78.7 Å². The van der Waals surface area contributed by atoms with Crippen molar-refractivity contribution in [2.24, 2.45) is 11.5 Å². The van der Waals surface area contributed by atoms with Crippen LogP contribution in [0.3, 0.4) is 0 Å². The molecule has 5 heteroatoms. The fourth-order valence-electron chi connectivity index (χ4n) is 1.05. The van der Waals surface area contributed by atoms with Crippen molar-refractivity contribution in [3.8, 4) is 0 Å². The maximum atomic E-state index is 8.88. The smallest absolute Gasteiger partial charge is 0.0822 e. The first-order valence-corrected chi connectivity index (χ1v) is 4.55. The first-order valence-electron chi connectivity index (χ1n) is 4.55. The standard InChI is InChI=1S/C8H20N2O3/c9-3-1-7(5-11)13-8(6-12)2-4-10/h7-8,11-12H,1-6,9-10H2. The molecule has 0 radical (unpaired) electrons. The van der Waals surface area contributed by atoms with Crippen LogP contribution in [0.4, 0.5) is 0 Å². The number of rotatable bonds is 8. The summed E-state index contributed by atoms with van der Waals surface area (Å²) in [6, 6.07) is 0. The van der Waals surface area contributed by atoms with E-state index in [9.17, 15) is 0 Å². The molecule has 0 saturated carbocycles. The molecule has 13 heavy (non-hydrogen) atoms. The third kappa shape index (κ3) is 5.95. The molecule has 2 atom stereocenters. The molecule has 2 unspecified atom stereocenters. The largest absolute Gasteiger partial charge is 0.394 e. The highest BCUT2D eigenvalue weighted by Gasteiger charge is 2.13. The fraction of sp³-hybridized carbons (Fsp3) is 1.00. The van der Waals surface area contributed by atoms with Gasteiger partial charge in [-0.3, -0.25) is 0 Å². The molecule has 0 fully saturated rings. The van der Waals surface area contributed by atoms with Crippen LogP contribution in [0.25, 0.3) is 0 Å². The van der Waals surface area contributed by atoms with E-state index in [4.69, 9.17) is 26.4 Å². The van der Waals surface area contributed by atoms with Gasteiger partial charge < -0.3 is 26.4 Å². The molecule has 80 valence electrons. The summed E-state index contributed by atoms with van der Waals surface area (Å²) in [7, 11) is 0. The predicted molar refractivity (Wildman–Crippen MR) is 50.2 cm³/mol. The van der Waals surface area contributed by atoms with Crippen molar-refractivity contribution in [3.63, 3.8) is 0 Å². The Morgan fingerprint density at radius 2 is 1.31 bits per heavy atom. The summed E-state index contributed by atoms with van der Waals surface area (Å²) in [6.45, 7) is 0.786. The summed E-state index contributed by atoms with van der Waals surface area (Å²) in [6.07, 6.45) is 0.622. The lowest BCUT2D eigenvalue weighted by atomic mass is 10.2. The minimum Gasteiger partial charge on any atom is -0.394 e. The van der Waals surface area contributed by atoms with Gasteiger partial charge in [0.1, 0.15) is 0 Å². The number of ether oxygens (including phenoxy) is 1. The van der Waals surface area contributed by atoms with Gasteiger partial charge in [-0.2, -0.15) is 0 Å². The molecule has 5 nitrogen and oxygen atoms in total. The minimum absolute atomic E-state index is 0.0712. The van der Waals surface area contributed by atoms with Crippen molar-refractivity contribution in [2.45, 2.75) is 25.0 Å². The molecule has 0 aromatic rings. The SMILES string of the molecule is NCCC(CO)OC(CO)CCN. The van der Waals surface area contributed by atoms with Gasteiger partial charge in [0.2, 0.25) is 0 Å².